The molecule has 0 bridgehead atoms. The molecule has 10 heteroatoms. The predicted molar refractivity (Wildman–Crippen MR) is 129 cm³/mol. The summed E-state index contributed by atoms with van der Waals surface area (Å²) in [4.78, 5) is 13.2. The van der Waals surface area contributed by atoms with Crippen molar-refractivity contribution in [3.05, 3.63) is 83.2 Å². The molecule has 1 saturated carbocycles. The lowest BCUT2D eigenvalue weighted by atomic mass is 9.96. The molecule has 2 amide bonds. The lowest BCUT2D eigenvalue weighted by Crippen LogP contribution is -2.39. The zero-order chi connectivity index (χ0) is 25.2. The van der Waals surface area contributed by atoms with Gasteiger partial charge in [-0.2, -0.15) is 10.2 Å². The van der Waals surface area contributed by atoms with E-state index in [4.69, 9.17) is 5.10 Å². The number of aliphatic hydroxyl groups excluding tert-OH is 1. The fraction of sp³-hybridized carbons (Fsp3) is 0.269. The lowest BCUT2D eigenvalue weighted by Gasteiger charge is -2.21. The normalized spacial score (nSPS) is 19.4. The molecule has 8 nitrogen and oxygen atoms in total. The smallest absolute Gasteiger partial charge is 0.320 e. The van der Waals surface area contributed by atoms with Crippen molar-refractivity contribution in [2.45, 2.75) is 37.3 Å². The molecule has 6 rings (SSSR count). The van der Waals surface area contributed by atoms with Gasteiger partial charge in [0.1, 0.15) is 11.5 Å². The number of rotatable bonds is 4. The highest BCUT2D eigenvalue weighted by Crippen LogP contribution is 2.60. The molecule has 2 aliphatic rings. The predicted octanol–water partition coefficient (Wildman–Crippen LogP) is 4.13. The van der Waals surface area contributed by atoms with Crippen molar-refractivity contribution in [2.24, 2.45) is 7.05 Å². The molecule has 0 saturated heterocycles. The van der Waals surface area contributed by atoms with E-state index in [9.17, 15) is 18.7 Å². The van der Waals surface area contributed by atoms with E-state index in [0.29, 0.717) is 35.5 Å². The van der Waals surface area contributed by atoms with Crippen LogP contribution in [0.4, 0.5) is 19.4 Å². The van der Waals surface area contributed by atoms with Crippen molar-refractivity contribution < 1.29 is 18.7 Å². The average molecular weight is 491 g/mol. The van der Waals surface area contributed by atoms with Crippen LogP contribution in [0.25, 0.3) is 16.9 Å². The van der Waals surface area contributed by atoms with E-state index in [1.165, 1.54) is 0 Å². The number of fused-ring (bicyclic) bond motifs is 2. The molecular formula is C26H24F2N6O2. The Kier molecular flexibility index (Phi) is 4.97. The minimum atomic E-state index is -1.01. The second kappa shape index (κ2) is 7.99. The van der Waals surface area contributed by atoms with Gasteiger partial charge in [-0.25, -0.2) is 18.3 Å². The first-order chi connectivity index (χ1) is 17.3. The van der Waals surface area contributed by atoms with Crippen molar-refractivity contribution in [3.8, 4) is 16.9 Å². The Balaban J connectivity index is 1.34. The van der Waals surface area contributed by atoms with Crippen LogP contribution < -0.4 is 10.6 Å². The second-order valence-corrected chi connectivity index (χ2v) is 9.50. The number of urea groups is 1. The molecule has 1 spiro atoms. The van der Waals surface area contributed by atoms with Crippen LogP contribution in [0.5, 0.6) is 0 Å². The Morgan fingerprint density at radius 2 is 1.89 bits per heavy atom. The first kappa shape index (κ1) is 22.4. The number of aromatic nitrogens is 4. The molecule has 2 aromatic heterocycles. The van der Waals surface area contributed by atoms with Gasteiger partial charge in [0.15, 0.2) is 11.6 Å². The maximum atomic E-state index is 14.1. The van der Waals surface area contributed by atoms with Crippen LogP contribution >= 0.6 is 0 Å². The summed E-state index contributed by atoms with van der Waals surface area (Å²) in [5.74, 6) is -1.52. The third-order valence-corrected chi connectivity index (χ3v) is 7.25. The molecule has 2 heterocycles. The van der Waals surface area contributed by atoms with Crippen LogP contribution in [0.3, 0.4) is 0 Å². The molecule has 4 aromatic rings. The van der Waals surface area contributed by atoms with Crippen molar-refractivity contribution in [3.63, 3.8) is 0 Å². The summed E-state index contributed by atoms with van der Waals surface area (Å²) in [7, 11) is 1.81. The molecule has 184 valence electrons. The van der Waals surface area contributed by atoms with Crippen LogP contribution in [-0.2, 0) is 12.5 Å². The topological polar surface area (TPSA) is 97.0 Å². The maximum Gasteiger partial charge on any atom is 0.320 e. The third-order valence-electron chi connectivity index (χ3n) is 7.25. The summed E-state index contributed by atoms with van der Waals surface area (Å²) >= 11 is 0. The SMILES string of the molecule is Cc1c(-c2cnn(C)c2)nn(-c2ccccc2)c1NC(=O)N[C@@H]1c2cc(F)c(F)cc2C2(CC2)[C@H]1O. The van der Waals surface area contributed by atoms with Gasteiger partial charge in [0.25, 0.3) is 0 Å². The summed E-state index contributed by atoms with van der Waals surface area (Å²) in [6.45, 7) is 1.85. The van der Waals surface area contributed by atoms with Gasteiger partial charge < -0.3 is 10.4 Å². The van der Waals surface area contributed by atoms with Crippen LogP contribution in [0, 0.1) is 18.6 Å². The van der Waals surface area contributed by atoms with Gasteiger partial charge in [-0.3, -0.25) is 10.00 Å². The van der Waals surface area contributed by atoms with Crippen LogP contribution in [0.1, 0.15) is 35.6 Å². The number of hydrogen-bond donors (Lipinski definition) is 3. The molecule has 2 atom stereocenters. The van der Waals surface area contributed by atoms with Crippen LogP contribution in [-0.4, -0.2) is 36.8 Å². The third kappa shape index (κ3) is 3.40. The van der Waals surface area contributed by atoms with E-state index in [1.807, 2.05) is 50.5 Å². The zero-order valence-corrected chi connectivity index (χ0v) is 19.7. The molecule has 36 heavy (non-hydrogen) atoms. The number of nitrogens with one attached hydrogen (secondary N) is 2. The van der Waals surface area contributed by atoms with E-state index in [2.05, 4.69) is 15.7 Å². The molecule has 2 aliphatic carbocycles. The Morgan fingerprint density at radius 1 is 1.17 bits per heavy atom. The van der Waals surface area contributed by atoms with Crippen molar-refractivity contribution in [2.75, 3.05) is 5.32 Å². The zero-order valence-electron chi connectivity index (χ0n) is 19.7. The number of hydrogen-bond acceptors (Lipinski definition) is 4. The molecule has 0 radical (unpaired) electrons. The number of benzene rings is 2. The summed E-state index contributed by atoms with van der Waals surface area (Å²) in [6, 6.07) is 10.1. The highest BCUT2D eigenvalue weighted by Gasteiger charge is 2.59. The van der Waals surface area contributed by atoms with E-state index in [1.54, 1.807) is 15.6 Å². The molecule has 2 aromatic carbocycles. The number of aliphatic hydroxyl groups is 1. The number of para-hydroxylation sites is 1. The largest absolute Gasteiger partial charge is 0.390 e. The Morgan fingerprint density at radius 3 is 2.56 bits per heavy atom. The van der Waals surface area contributed by atoms with Crippen LogP contribution in [0.2, 0.25) is 0 Å². The van der Waals surface area contributed by atoms with Crippen molar-refractivity contribution in [1.29, 1.82) is 0 Å². The molecular weight excluding hydrogens is 466 g/mol. The minimum absolute atomic E-state index is 0.401. The number of carbonyl (C=O) groups excluding carboxylic acids is 1. The monoisotopic (exact) mass is 490 g/mol. The van der Waals surface area contributed by atoms with Crippen LogP contribution in [0.15, 0.2) is 54.9 Å². The average Bonchev–Trinajstić information content (AvgIpc) is 3.41. The fourth-order valence-corrected chi connectivity index (χ4v) is 5.26. The molecule has 0 unspecified atom stereocenters. The second-order valence-electron chi connectivity index (χ2n) is 9.50. The van der Waals surface area contributed by atoms with Gasteiger partial charge in [0, 0.05) is 29.8 Å². The van der Waals surface area contributed by atoms with E-state index in [0.717, 1.165) is 28.9 Å². The molecule has 3 N–H and O–H groups in total. The van der Waals surface area contributed by atoms with Gasteiger partial charge in [-0.15, -0.1) is 0 Å². The molecule has 0 aliphatic heterocycles. The van der Waals surface area contributed by atoms with Gasteiger partial charge in [0.2, 0.25) is 0 Å². The highest BCUT2D eigenvalue weighted by atomic mass is 19.2. The van der Waals surface area contributed by atoms with Gasteiger partial charge >= 0.3 is 6.03 Å². The number of aryl methyl sites for hydroxylation is 1. The Bertz CT molecular complexity index is 1490. The lowest BCUT2D eigenvalue weighted by molar-refractivity contribution is 0.109. The summed E-state index contributed by atoms with van der Waals surface area (Å²) < 4.78 is 31.4. The van der Waals surface area contributed by atoms with E-state index < -0.39 is 35.2 Å². The number of halogens is 2. The Labute approximate surface area is 205 Å². The first-order valence-corrected chi connectivity index (χ1v) is 11.7. The van der Waals surface area contributed by atoms with E-state index in [-0.39, 0.29) is 0 Å². The Hall–Kier alpha value is -4.05. The van der Waals surface area contributed by atoms with Crippen molar-refractivity contribution >= 4 is 11.8 Å². The van der Waals surface area contributed by atoms with Gasteiger partial charge in [-0.1, -0.05) is 18.2 Å². The summed E-state index contributed by atoms with van der Waals surface area (Å²) in [6.07, 6.45) is 3.86. The van der Waals surface area contributed by atoms with Crippen molar-refractivity contribution in [1.82, 2.24) is 24.9 Å². The quantitative estimate of drug-likeness (QED) is 0.401. The maximum absolute atomic E-state index is 14.1. The number of amides is 2. The minimum Gasteiger partial charge on any atom is -0.390 e. The standard InChI is InChI=1S/C26H24F2N6O2/c1-14-21(15-12-29-33(2)13-15)32-34(16-6-4-3-5-7-16)24(14)31-25(36)30-22-17-10-19(27)20(28)11-18(17)26(8-9-26)23(22)35/h3-7,10-13,22-23,35H,8-9H2,1-2H3,(H2,30,31,36)/t22-,23+/m1/s1. The van der Waals surface area contributed by atoms with E-state index >= 15 is 0 Å². The first-order valence-electron chi connectivity index (χ1n) is 11.7. The summed E-state index contributed by atoms with van der Waals surface area (Å²) in [5.41, 5.74) is 3.23. The number of carbonyl (C=O) groups is 1. The summed E-state index contributed by atoms with van der Waals surface area (Å²) in [5, 5.41) is 25.6. The number of nitrogens with zero attached hydrogens (tertiary/aromatic N) is 4. The number of anilines is 1. The highest BCUT2D eigenvalue weighted by molar-refractivity contribution is 5.91. The van der Waals surface area contributed by atoms with Gasteiger partial charge in [0.05, 0.1) is 24.0 Å². The molecule has 1 fully saturated rings. The van der Waals surface area contributed by atoms with Gasteiger partial charge in [-0.05, 0) is 55.2 Å². The fourth-order valence-electron chi connectivity index (χ4n) is 5.26.